The number of carbonyl (C=O) groups is 2. The Morgan fingerprint density at radius 1 is 1.30 bits per heavy atom. The highest BCUT2D eigenvalue weighted by atomic mass is 35.5. The van der Waals surface area contributed by atoms with Crippen molar-refractivity contribution in [3.8, 4) is 0 Å². The zero-order chi connectivity index (χ0) is 15.5. The Morgan fingerprint density at radius 3 is 2.45 bits per heavy atom. The Balaban J connectivity index is 2.74. The molecule has 1 N–H and O–H groups in total. The minimum absolute atomic E-state index is 0.0636. The normalized spacial score (nSPS) is 11.1. The molecule has 7 heteroatoms. The third-order valence-corrected chi connectivity index (χ3v) is 2.92. The van der Waals surface area contributed by atoms with Crippen LogP contribution in [0.3, 0.4) is 0 Å². The molecule has 0 spiro atoms. The van der Waals surface area contributed by atoms with Crippen LogP contribution in [0.2, 0.25) is 10.0 Å². The third kappa shape index (κ3) is 4.65. The summed E-state index contributed by atoms with van der Waals surface area (Å²) >= 11 is 11.5. The van der Waals surface area contributed by atoms with Gasteiger partial charge >= 0.3 is 6.09 Å². The number of hydrogen-bond donors (Lipinski definition) is 1. The average molecular weight is 322 g/mol. The fourth-order valence-electron chi connectivity index (χ4n) is 1.34. The van der Waals surface area contributed by atoms with Crippen LogP contribution in [0.4, 0.5) is 9.18 Å². The summed E-state index contributed by atoms with van der Waals surface area (Å²) in [6, 6.07) is 2.28. The quantitative estimate of drug-likeness (QED) is 0.679. The van der Waals surface area contributed by atoms with Crippen molar-refractivity contribution in [2.24, 2.45) is 0 Å². The average Bonchev–Trinajstić information content (AvgIpc) is 2.30. The topological polar surface area (TPSA) is 55.4 Å². The maximum absolute atomic E-state index is 13.6. The summed E-state index contributed by atoms with van der Waals surface area (Å²) in [5, 5.41) is 2.12. The van der Waals surface area contributed by atoms with Gasteiger partial charge in [0.05, 0.1) is 22.2 Å². The first kappa shape index (κ1) is 16.7. The fraction of sp³-hybridized carbons (Fsp3) is 0.385. The van der Waals surface area contributed by atoms with Crippen LogP contribution >= 0.6 is 23.2 Å². The molecule has 0 saturated carbocycles. The molecule has 1 rings (SSSR count). The predicted octanol–water partition coefficient (Wildman–Crippen LogP) is 3.84. The van der Waals surface area contributed by atoms with Crippen molar-refractivity contribution in [3.63, 3.8) is 0 Å². The van der Waals surface area contributed by atoms with E-state index >= 15 is 0 Å². The molecule has 110 valence electrons. The summed E-state index contributed by atoms with van der Waals surface area (Å²) < 4.78 is 18.5. The van der Waals surface area contributed by atoms with Gasteiger partial charge in [-0.1, -0.05) is 23.2 Å². The molecule has 4 nitrogen and oxygen atoms in total. The standard InChI is InChI=1S/C13H14Cl2FNO3/c1-13(2,3)20-12(19)17-6-9(18)10-8(16)5-4-7(14)11(10)15/h4-5H,6H2,1-3H3,(H,17,19). The van der Waals surface area contributed by atoms with Gasteiger partial charge in [0, 0.05) is 0 Å². The van der Waals surface area contributed by atoms with Crippen molar-refractivity contribution in [3.05, 3.63) is 33.6 Å². The van der Waals surface area contributed by atoms with Crippen LogP contribution in [0, 0.1) is 5.82 Å². The number of nitrogens with one attached hydrogen (secondary N) is 1. The van der Waals surface area contributed by atoms with Crippen LogP contribution in [-0.2, 0) is 4.74 Å². The summed E-state index contributed by atoms with van der Waals surface area (Å²) in [7, 11) is 0. The lowest BCUT2D eigenvalue weighted by molar-refractivity contribution is 0.0520. The molecule has 0 atom stereocenters. The number of amides is 1. The minimum atomic E-state index is -0.796. The lowest BCUT2D eigenvalue weighted by atomic mass is 10.1. The molecule has 0 aliphatic rings. The zero-order valence-electron chi connectivity index (χ0n) is 11.2. The molecule has 0 saturated heterocycles. The third-order valence-electron chi connectivity index (χ3n) is 2.11. The molecular formula is C13H14Cl2FNO3. The molecule has 20 heavy (non-hydrogen) atoms. The molecule has 0 aliphatic heterocycles. The van der Waals surface area contributed by atoms with Gasteiger partial charge in [0.25, 0.3) is 0 Å². The van der Waals surface area contributed by atoms with Crippen molar-refractivity contribution in [1.82, 2.24) is 5.32 Å². The van der Waals surface area contributed by atoms with Gasteiger partial charge in [-0.25, -0.2) is 9.18 Å². The largest absolute Gasteiger partial charge is 0.444 e. The Labute approximate surface area is 126 Å². The van der Waals surface area contributed by atoms with E-state index in [1.165, 1.54) is 6.07 Å². The molecule has 0 unspecified atom stereocenters. The number of halogens is 3. The van der Waals surface area contributed by atoms with Crippen molar-refractivity contribution in [1.29, 1.82) is 0 Å². The molecule has 0 fully saturated rings. The fourth-order valence-corrected chi connectivity index (χ4v) is 1.75. The van der Waals surface area contributed by atoms with Crippen LogP contribution in [0.1, 0.15) is 31.1 Å². The molecule has 1 aromatic carbocycles. The lowest BCUT2D eigenvalue weighted by Gasteiger charge is -2.19. The van der Waals surface area contributed by atoms with E-state index in [4.69, 9.17) is 27.9 Å². The molecule has 0 bridgehead atoms. The molecular weight excluding hydrogens is 308 g/mol. The van der Waals surface area contributed by atoms with E-state index in [1.807, 2.05) is 0 Å². The maximum Gasteiger partial charge on any atom is 0.408 e. The monoisotopic (exact) mass is 321 g/mol. The van der Waals surface area contributed by atoms with Gasteiger partial charge in [0.2, 0.25) is 0 Å². The highest BCUT2D eigenvalue weighted by Gasteiger charge is 2.21. The van der Waals surface area contributed by atoms with E-state index in [1.54, 1.807) is 20.8 Å². The van der Waals surface area contributed by atoms with E-state index in [-0.39, 0.29) is 15.6 Å². The molecule has 0 aliphatic carbocycles. The smallest absolute Gasteiger partial charge is 0.408 e. The summed E-state index contributed by atoms with van der Waals surface area (Å²) in [4.78, 5) is 23.2. The Hall–Kier alpha value is -1.33. The highest BCUT2D eigenvalue weighted by Crippen LogP contribution is 2.28. The molecule has 1 aromatic rings. The van der Waals surface area contributed by atoms with Crippen LogP contribution < -0.4 is 5.32 Å². The zero-order valence-corrected chi connectivity index (χ0v) is 12.7. The number of ketones is 1. The number of alkyl carbamates (subject to hydrolysis) is 1. The Morgan fingerprint density at radius 2 is 1.90 bits per heavy atom. The summed E-state index contributed by atoms with van der Waals surface area (Å²) in [6.45, 7) is 4.61. The van der Waals surface area contributed by atoms with Crippen LogP contribution in [0.5, 0.6) is 0 Å². The van der Waals surface area contributed by atoms with Crippen LogP contribution in [0.25, 0.3) is 0 Å². The first-order valence-corrected chi connectivity index (χ1v) is 6.51. The maximum atomic E-state index is 13.6. The summed E-state index contributed by atoms with van der Waals surface area (Å²) in [6.07, 6.45) is -0.774. The number of rotatable bonds is 3. The van der Waals surface area contributed by atoms with E-state index in [2.05, 4.69) is 5.32 Å². The number of carbonyl (C=O) groups excluding carboxylic acids is 2. The molecule has 0 heterocycles. The van der Waals surface area contributed by atoms with E-state index in [0.29, 0.717) is 0 Å². The second-order valence-corrected chi connectivity index (χ2v) is 5.78. The minimum Gasteiger partial charge on any atom is -0.444 e. The summed E-state index contributed by atoms with van der Waals surface area (Å²) in [5.41, 5.74) is -1.04. The molecule has 1 amide bonds. The van der Waals surface area contributed by atoms with E-state index in [0.717, 1.165) is 6.07 Å². The van der Waals surface area contributed by atoms with Gasteiger partial charge < -0.3 is 10.1 Å². The van der Waals surface area contributed by atoms with Gasteiger partial charge in [-0.2, -0.15) is 0 Å². The number of Topliss-reactive ketones (excluding diaryl/α,β-unsaturated/α-hetero) is 1. The van der Waals surface area contributed by atoms with Gasteiger partial charge in [-0.15, -0.1) is 0 Å². The highest BCUT2D eigenvalue weighted by molar-refractivity contribution is 6.44. The summed E-state index contributed by atoms with van der Waals surface area (Å²) in [5.74, 6) is -1.49. The van der Waals surface area contributed by atoms with Crippen molar-refractivity contribution >= 4 is 35.1 Å². The Bertz CT molecular complexity index is 541. The number of ether oxygens (including phenoxy) is 1. The predicted molar refractivity (Wildman–Crippen MR) is 75.0 cm³/mol. The van der Waals surface area contributed by atoms with Gasteiger partial charge in [0.1, 0.15) is 11.4 Å². The SMILES string of the molecule is CC(C)(C)OC(=O)NCC(=O)c1c(F)ccc(Cl)c1Cl. The second-order valence-electron chi connectivity index (χ2n) is 5.00. The lowest BCUT2D eigenvalue weighted by Crippen LogP contribution is -2.35. The van der Waals surface area contributed by atoms with Gasteiger partial charge in [-0.3, -0.25) is 4.79 Å². The molecule has 0 aromatic heterocycles. The van der Waals surface area contributed by atoms with Crippen molar-refractivity contribution in [2.75, 3.05) is 6.54 Å². The second kappa shape index (κ2) is 6.41. The van der Waals surface area contributed by atoms with Crippen LogP contribution in [-0.4, -0.2) is 24.0 Å². The Kier molecular flexibility index (Phi) is 5.36. The van der Waals surface area contributed by atoms with Gasteiger partial charge in [-0.05, 0) is 32.9 Å². The van der Waals surface area contributed by atoms with Crippen LogP contribution in [0.15, 0.2) is 12.1 Å². The first-order chi connectivity index (χ1) is 9.11. The van der Waals surface area contributed by atoms with Crippen molar-refractivity contribution < 1.29 is 18.7 Å². The first-order valence-electron chi connectivity index (χ1n) is 5.75. The van der Waals surface area contributed by atoms with Crippen molar-refractivity contribution in [2.45, 2.75) is 26.4 Å². The van der Waals surface area contributed by atoms with E-state index in [9.17, 15) is 14.0 Å². The number of benzene rings is 1. The molecule has 0 radical (unpaired) electrons. The van der Waals surface area contributed by atoms with E-state index < -0.39 is 29.8 Å². The van der Waals surface area contributed by atoms with Gasteiger partial charge in [0.15, 0.2) is 5.78 Å². The number of hydrogen-bond acceptors (Lipinski definition) is 3.